The van der Waals surface area contributed by atoms with Gasteiger partial charge in [0.05, 0.1) is 0 Å². The summed E-state index contributed by atoms with van der Waals surface area (Å²) in [5, 5.41) is 2.92. The molecule has 0 bridgehead atoms. The Morgan fingerprint density at radius 3 is 2.67 bits per heavy atom. The van der Waals surface area contributed by atoms with Gasteiger partial charge in [0.2, 0.25) is 5.91 Å². The van der Waals surface area contributed by atoms with Crippen LogP contribution >= 0.6 is 0 Å². The molecule has 1 fully saturated rings. The Bertz CT molecular complexity index is 172. The first-order chi connectivity index (χ1) is 5.61. The fourth-order valence-corrected chi connectivity index (χ4v) is 1.31. The highest BCUT2D eigenvalue weighted by molar-refractivity contribution is 5.75. The topological polar surface area (TPSA) is 32.3 Å². The largest absolute Gasteiger partial charge is 0.349 e. The van der Waals surface area contributed by atoms with Crippen LogP contribution in [0.2, 0.25) is 0 Å². The lowest BCUT2D eigenvalue weighted by Gasteiger charge is -2.14. The molecule has 12 heavy (non-hydrogen) atoms. The zero-order chi connectivity index (χ0) is 9.14. The second-order valence-electron chi connectivity index (χ2n) is 3.43. The van der Waals surface area contributed by atoms with E-state index >= 15 is 0 Å². The molecule has 3 nitrogen and oxygen atoms in total. The zero-order valence-electron chi connectivity index (χ0n) is 7.51. The average Bonchev–Trinajstić information content (AvgIpc) is 2.36. The molecular weight excluding hydrogens is 159 g/mol. The number of carbonyl (C=O) groups excluding carboxylic acids is 1. The van der Waals surface area contributed by atoms with Crippen molar-refractivity contribution in [3.05, 3.63) is 0 Å². The second kappa shape index (κ2) is 3.85. The standard InChI is InChI=1S/C8H15FN2O/c1-11(2)8(12)3-6-4-10-5-7(6)9/h6-7,10H,3-5H2,1-2H3. The quantitative estimate of drug-likeness (QED) is 0.640. The van der Waals surface area contributed by atoms with Crippen molar-refractivity contribution >= 4 is 5.91 Å². The number of carbonyl (C=O) groups is 1. The van der Waals surface area contributed by atoms with E-state index in [2.05, 4.69) is 5.32 Å². The van der Waals surface area contributed by atoms with E-state index in [1.807, 2.05) is 0 Å². The number of hydrogen-bond donors (Lipinski definition) is 1. The number of hydrogen-bond acceptors (Lipinski definition) is 2. The second-order valence-corrected chi connectivity index (χ2v) is 3.43. The van der Waals surface area contributed by atoms with Gasteiger partial charge in [0, 0.05) is 39.5 Å². The Kier molecular flexibility index (Phi) is 3.03. The van der Waals surface area contributed by atoms with Crippen molar-refractivity contribution in [3.8, 4) is 0 Å². The summed E-state index contributed by atoms with van der Waals surface area (Å²) in [6, 6.07) is 0. The highest BCUT2D eigenvalue weighted by Crippen LogP contribution is 2.16. The van der Waals surface area contributed by atoms with Crippen LogP contribution in [0.3, 0.4) is 0 Å². The first kappa shape index (κ1) is 9.45. The average molecular weight is 174 g/mol. The molecule has 0 spiro atoms. The van der Waals surface area contributed by atoms with E-state index in [0.717, 1.165) is 0 Å². The maximum atomic E-state index is 13.0. The number of nitrogens with zero attached hydrogens (tertiary/aromatic N) is 1. The van der Waals surface area contributed by atoms with Crippen molar-refractivity contribution in [2.24, 2.45) is 5.92 Å². The normalized spacial score (nSPS) is 28.9. The lowest BCUT2D eigenvalue weighted by Crippen LogP contribution is -2.27. The van der Waals surface area contributed by atoms with Gasteiger partial charge < -0.3 is 10.2 Å². The van der Waals surface area contributed by atoms with E-state index in [0.29, 0.717) is 19.5 Å². The van der Waals surface area contributed by atoms with Crippen LogP contribution < -0.4 is 5.32 Å². The van der Waals surface area contributed by atoms with Gasteiger partial charge in [0.15, 0.2) is 0 Å². The van der Waals surface area contributed by atoms with Crippen LogP contribution in [-0.4, -0.2) is 44.2 Å². The predicted octanol–water partition coefficient (Wildman–Crippen LogP) is 0.0222. The van der Waals surface area contributed by atoms with Crippen LogP contribution in [0.4, 0.5) is 4.39 Å². The fraction of sp³-hybridized carbons (Fsp3) is 0.875. The third-order valence-electron chi connectivity index (χ3n) is 2.19. The maximum absolute atomic E-state index is 13.0. The SMILES string of the molecule is CN(C)C(=O)CC1CNCC1F. The number of rotatable bonds is 2. The van der Waals surface area contributed by atoms with Crippen LogP contribution in [0.15, 0.2) is 0 Å². The van der Waals surface area contributed by atoms with Crippen LogP contribution in [0, 0.1) is 5.92 Å². The van der Waals surface area contributed by atoms with Crippen molar-refractivity contribution < 1.29 is 9.18 Å². The summed E-state index contributed by atoms with van der Waals surface area (Å²) in [6.07, 6.45) is -0.532. The van der Waals surface area contributed by atoms with Crippen molar-refractivity contribution in [2.75, 3.05) is 27.2 Å². The Balaban J connectivity index is 2.35. The molecule has 1 aliphatic heterocycles. The number of amides is 1. The van der Waals surface area contributed by atoms with Gasteiger partial charge in [-0.3, -0.25) is 4.79 Å². The zero-order valence-corrected chi connectivity index (χ0v) is 7.51. The van der Waals surface area contributed by atoms with Gasteiger partial charge in [-0.1, -0.05) is 0 Å². The van der Waals surface area contributed by atoms with Crippen molar-refractivity contribution in [1.82, 2.24) is 10.2 Å². The number of nitrogens with one attached hydrogen (secondary N) is 1. The molecule has 1 amide bonds. The van der Waals surface area contributed by atoms with Crippen molar-refractivity contribution in [3.63, 3.8) is 0 Å². The Morgan fingerprint density at radius 2 is 2.25 bits per heavy atom. The summed E-state index contributed by atoms with van der Waals surface area (Å²) in [5.74, 6) is -0.119. The van der Waals surface area contributed by atoms with Crippen LogP contribution in [-0.2, 0) is 4.79 Å². The van der Waals surface area contributed by atoms with Gasteiger partial charge >= 0.3 is 0 Å². The van der Waals surface area contributed by atoms with E-state index in [-0.39, 0.29) is 11.8 Å². The van der Waals surface area contributed by atoms with E-state index in [4.69, 9.17) is 0 Å². The molecule has 1 N–H and O–H groups in total. The van der Waals surface area contributed by atoms with E-state index in [1.54, 1.807) is 14.1 Å². The fourth-order valence-electron chi connectivity index (χ4n) is 1.31. The molecule has 4 heteroatoms. The number of halogens is 1. The van der Waals surface area contributed by atoms with Gasteiger partial charge in [0.25, 0.3) is 0 Å². The first-order valence-corrected chi connectivity index (χ1v) is 4.16. The lowest BCUT2D eigenvalue weighted by atomic mass is 10.0. The molecule has 0 aromatic heterocycles. The smallest absolute Gasteiger partial charge is 0.222 e. The lowest BCUT2D eigenvalue weighted by molar-refractivity contribution is -0.129. The maximum Gasteiger partial charge on any atom is 0.222 e. The molecule has 0 saturated carbocycles. The van der Waals surface area contributed by atoms with Gasteiger partial charge in [0.1, 0.15) is 6.17 Å². The Labute approximate surface area is 71.9 Å². The Hall–Kier alpha value is -0.640. The van der Waals surface area contributed by atoms with Crippen LogP contribution in [0.25, 0.3) is 0 Å². The summed E-state index contributed by atoms with van der Waals surface area (Å²) in [5.41, 5.74) is 0. The molecule has 0 aliphatic carbocycles. The van der Waals surface area contributed by atoms with E-state index in [1.165, 1.54) is 4.90 Å². The summed E-state index contributed by atoms with van der Waals surface area (Å²) in [4.78, 5) is 12.7. The summed E-state index contributed by atoms with van der Waals surface area (Å²) >= 11 is 0. The van der Waals surface area contributed by atoms with Gasteiger partial charge in [-0.25, -0.2) is 4.39 Å². The minimum atomic E-state index is -0.853. The highest BCUT2D eigenvalue weighted by Gasteiger charge is 2.28. The van der Waals surface area contributed by atoms with Gasteiger partial charge in [-0.05, 0) is 0 Å². The third kappa shape index (κ3) is 2.17. The highest BCUT2D eigenvalue weighted by atomic mass is 19.1. The van der Waals surface area contributed by atoms with Gasteiger partial charge in [-0.15, -0.1) is 0 Å². The third-order valence-corrected chi connectivity index (χ3v) is 2.19. The molecule has 2 atom stereocenters. The monoisotopic (exact) mass is 174 g/mol. The summed E-state index contributed by atoms with van der Waals surface area (Å²) in [6.45, 7) is 1.02. The molecule has 1 rings (SSSR count). The first-order valence-electron chi connectivity index (χ1n) is 4.16. The van der Waals surface area contributed by atoms with Crippen LogP contribution in [0.1, 0.15) is 6.42 Å². The molecule has 70 valence electrons. The molecular formula is C8H15FN2O. The molecule has 0 radical (unpaired) electrons. The van der Waals surface area contributed by atoms with Gasteiger partial charge in [-0.2, -0.15) is 0 Å². The molecule has 0 aromatic carbocycles. The molecule has 0 aromatic rings. The molecule has 1 heterocycles. The predicted molar refractivity (Wildman–Crippen MR) is 44.6 cm³/mol. The van der Waals surface area contributed by atoms with Crippen LogP contribution in [0.5, 0.6) is 0 Å². The Morgan fingerprint density at radius 1 is 1.58 bits per heavy atom. The molecule has 1 saturated heterocycles. The molecule has 1 aliphatic rings. The minimum absolute atomic E-state index is 0.00588. The van der Waals surface area contributed by atoms with Crippen molar-refractivity contribution in [2.45, 2.75) is 12.6 Å². The van der Waals surface area contributed by atoms with Crippen molar-refractivity contribution in [1.29, 1.82) is 0 Å². The van der Waals surface area contributed by atoms with E-state index < -0.39 is 6.17 Å². The van der Waals surface area contributed by atoms with E-state index in [9.17, 15) is 9.18 Å². The summed E-state index contributed by atoms with van der Waals surface area (Å²) < 4.78 is 13.0. The molecule has 2 unspecified atom stereocenters. The minimum Gasteiger partial charge on any atom is -0.349 e. The summed E-state index contributed by atoms with van der Waals surface area (Å²) in [7, 11) is 3.38. The number of alkyl halides is 1.